The van der Waals surface area contributed by atoms with Crippen molar-refractivity contribution in [3.05, 3.63) is 28.5 Å². The van der Waals surface area contributed by atoms with Gasteiger partial charge in [0.25, 0.3) is 0 Å². The topological polar surface area (TPSA) is 16.1 Å². The molecule has 1 atom stereocenters. The predicted octanol–water partition coefficient (Wildman–Crippen LogP) is 3.59. The number of halogens is 1. The van der Waals surface area contributed by atoms with Gasteiger partial charge < -0.3 is 0 Å². The summed E-state index contributed by atoms with van der Waals surface area (Å²) in [5.41, 5.74) is 2.39. The van der Waals surface area contributed by atoms with Crippen LogP contribution in [0.25, 0.3) is 0 Å². The monoisotopic (exact) mass is 238 g/mol. The van der Waals surface area contributed by atoms with Crippen molar-refractivity contribution in [2.45, 2.75) is 45.7 Å². The van der Waals surface area contributed by atoms with Gasteiger partial charge in [-0.05, 0) is 57.4 Å². The third-order valence-electron chi connectivity index (χ3n) is 3.38. The molecule has 0 spiro atoms. The number of likely N-dealkylation sites (tertiary alicyclic amines) is 1. The lowest BCUT2D eigenvalue weighted by molar-refractivity contribution is 0.205. The van der Waals surface area contributed by atoms with Gasteiger partial charge in [-0.3, -0.25) is 4.90 Å². The van der Waals surface area contributed by atoms with Crippen molar-refractivity contribution in [3.8, 4) is 0 Å². The van der Waals surface area contributed by atoms with E-state index in [1.807, 2.05) is 13.1 Å². The second kappa shape index (κ2) is 4.72. The Kier molecular flexibility index (Phi) is 3.50. The van der Waals surface area contributed by atoms with Crippen LogP contribution in [0, 0.1) is 6.92 Å². The first-order chi connectivity index (χ1) is 7.59. The summed E-state index contributed by atoms with van der Waals surface area (Å²) in [6.45, 7) is 7.74. The van der Waals surface area contributed by atoms with Gasteiger partial charge in [-0.15, -0.1) is 0 Å². The zero-order valence-electron chi connectivity index (χ0n) is 10.2. The summed E-state index contributed by atoms with van der Waals surface area (Å²) in [5, 5.41) is 0.623. The molecule has 0 amide bonds. The van der Waals surface area contributed by atoms with Crippen LogP contribution >= 0.6 is 11.6 Å². The molecule has 2 rings (SSSR count). The Morgan fingerprint density at radius 1 is 1.50 bits per heavy atom. The molecular weight excluding hydrogens is 220 g/mol. The van der Waals surface area contributed by atoms with E-state index in [1.54, 1.807) is 0 Å². The normalized spacial score (nSPS) is 21.9. The van der Waals surface area contributed by atoms with Crippen LogP contribution in [0.4, 0.5) is 0 Å². The summed E-state index contributed by atoms with van der Waals surface area (Å²) in [5.74, 6) is 0. The number of aromatic nitrogens is 1. The molecule has 3 heteroatoms. The summed E-state index contributed by atoms with van der Waals surface area (Å²) >= 11 is 5.96. The Hall–Kier alpha value is -0.600. The van der Waals surface area contributed by atoms with Crippen molar-refractivity contribution < 1.29 is 0 Å². The minimum absolute atomic E-state index is 0.531. The summed E-state index contributed by atoms with van der Waals surface area (Å²) < 4.78 is 0. The minimum atomic E-state index is 0.531. The maximum atomic E-state index is 5.96. The summed E-state index contributed by atoms with van der Waals surface area (Å²) in [6, 6.07) is 3.31. The number of hydrogen-bond donors (Lipinski definition) is 0. The zero-order chi connectivity index (χ0) is 11.7. The Morgan fingerprint density at radius 2 is 2.25 bits per heavy atom. The molecule has 0 saturated carbocycles. The van der Waals surface area contributed by atoms with E-state index in [-0.39, 0.29) is 0 Å². The van der Waals surface area contributed by atoms with Crippen LogP contribution in [0.1, 0.15) is 43.9 Å². The number of aryl methyl sites for hydroxylation is 1. The molecule has 1 aliphatic heterocycles. The van der Waals surface area contributed by atoms with Crippen molar-refractivity contribution in [3.63, 3.8) is 0 Å². The van der Waals surface area contributed by atoms with E-state index >= 15 is 0 Å². The van der Waals surface area contributed by atoms with E-state index in [2.05, 4.69) is 29.8 Å². The molecule has 0 aromatic carbocycles. The summed E-state index contributed by atoms with van der Waals surface area (Å²) in [7, 11) is 0. The molecule has 1 aromatic heterocycles. The lowest BCUT2D eigenvalue weighted by Crippen LogP contribution is -2.30. The van der Waals surface area contributed by atoms with Crippen molar-refractivity contribution in [1.29, 1.82) is 0 Å². The minimum Gasteiger partial charge on any atom is -0.294 e. The van der Waals surface area contributed by atoms with Crippen molar-refractivity contribution >= 4 is 11.6 Å². The van der Waals surface area contributed by atoms with Crippen LogP contribution < -0.4 is 0 Å². The zero-order valence-corrected chi connectivity index (χ0v) is 11.0. The molecule has 16 heavy (non-hydrogen) atoms. The first kappa shape index (κ1) is 11.9. The molecular formula is C13H19ClN2. The van der Waals surface area contributed by atoms with Gasteiger partial charge in [0.2, 0.25) is 0 Å². The van der Waals surface area contributed by atoms with Gasteiger partial charge in [0.15, 0.2) is 0 Å². The Balaban J connectivity index is 2.26. The Bertz CT molecular complexity index is 376. The SMILES string of the molecule is Cc1cc([C@@H]2CCCN2C(C)C)cnc1Cl. The fourth-order valence-corrected chi connectivity index (χ4v) is 2.63. The highest BCUT2D eigenvalue weighted by atomic mass is 35.5. The highest BCUT2D eigenvalue weighted by Crippen LogP contribution is 2.33. The maximum Gasteiger partial charge on any atom is 0.131 e. The maximum absolute atomic E-state index is 5.96. The number of hydrogen-bond acceptors (Lipinski definition) is 2. The van der Waals surface area contributed by atoms with Crippen molar-refractivity contribution in [1.82, 2.24) is 9.88 Å². The van der Waals surface area contributed by atoms with Gasteiger partial charge in [-0.25, -0.2) is 4.98 Å². The Labute approximate surface area is 103 Å². The molecule has 1 aromatic rings. The molecule has 0 N–H and O–H groups in total. The molecule has 1 saturated heterocycles. The summed E-state index contributed by atoms with van der Waals surface area (Å²) in [6.07, 6.45) is 4.45. The van der Waals surface area contributed by atoms with Crippen LogP contribution in [-0.4, -0.2) is 22.5 Å². The molecule has 88 valence electrons. The molecule has 2 nitrogen and oxygen atoms in total. The lowest BCUT2D eigenvalue weighted by Gasteiger charge is -2.28. The van der Waals surface area contributed by atoms with Gasteiger partial charge in [-0.2, -0.15) is 0 Å². The standard InChI is InChI=1S/C13H19ClN2/c1-9(2)16-6-4-5-12(16)11-7-10(3)13(14)15-8-11/h7-9,12H,4-6H2,1-3H3/t12-/m0/s1. The molecule has 0 bridgehead atoms. The lowest BCUT2D eigenvalue weighted by atomic mass is 10.0. The van der Waals surface area contributed by atoms with Crippen molar-refractivity contribution in [2.75, 3.05) is 6.54 Å². The van der Waals surface area contributed by atoms with E-state index < -0.39 is 0 Å². The van der Waals surface area contributed by atoms with Gasteiger partial charge in [0.05, 0.1) is 0 Å². The number of pyridine rings is 1. The first-order valence-electron chi connectivity index (χ1n) is 5.97. The smallest absolute Gasteiger partial charge is 0.131 e. The predicted molar refractivity (Wildman–Crippen MR) is 67.8 cm³/mol. The fourth-order valence-electron chi connectivity index (χ4n) is 2.53. The van der Waals surface area contributed by atoms with E-state index in [1.165, 1.54) is 24.9 Å². The molecule has 0 unspecified atom stereocenters. The average Bonchev–Trinajstić information content (AvgIpc) is 2.71. The molecule has 2 heterocycles. The first-order valence-corrected chi connectivity index (χ1v) is 6.35. The van der Waals surface area contributed by atoms with Crippen molar-refractivity contribution in [2.24, 2.45) is 0 Å². The highest BCUT2D eigenvalue weighted by molar-refractivity contribution is 6.30. The van der Waals surface area contributed by atoms with E-state index in [9.17, 15) is 0 Å². The molecule has 1 aliphatic rings. The largest absolute Gasteiger partial charge is 0.294 e. The van der Waals surface area contributed by atoms with E-state index in [4.69, 9.17) is 11.6 Å². The van der Waals surface area contributed by atoms with Crippen LogP contribution in [0.15, 0.2) is 12.3 Å². The Morgan fingerprint density at radius 3 is 2.88 bits per heavy atom. The van der Waals surface area contributed by atoms with Crippen LogP contribution in [0.3, 0.4) is 0 Å². The third kappa shape index (κ3) is 2.23. The quantitative estimate of drug-likeness (QED) is 0.732. The van der Waals surface area contributed by atoms with Gasteiger partial charge >= 0.3 is 0 Å². The van der Waals surface area contributed by atoms with E-state index in [0.29, 0.717) is 17.2 Å². The van der Waals surface area contributed by atoms with Gasteiger partial charge in [0, 0.05) is 18.3 Å². The van der Waals surface area contributed by atoms with E-state index in [0.717, 1.165) is 5.56 Å². The molecule has 0 radical (unpaired) electrons. The third-order valence-corrected chi connectivity index (χ3v) is 3.77. The van der Waals surface area contributed by atoms with Crippen LogP contribution in [0.2, 0.25) is 5.15 Å². The summed E-state index contributed by atoms with van der Waals surface area (Å²) in [4.78, 5) is 6.80. The van der Waals surface area contributed by atoms with Gasteiger partial charge in [-0.1, -0.05) is 11.6 Å². The molecule has 0 aliphatic carbocycles. The highest BCUT2D eigenvalue weighted by Gasteiger charge is 2.28. The fraction of sp³-hybridized carbons (Fsp3) is 0.615. The molecule has 1 fully saturated rings. The van der Waals surface area contributed by atoms with Gasteiger partial charge in [0.1, 0.15) is 5.15 Å². The average molecular weight is 239 g/mol. The number of nitrogens with zero attached hydrogens (tertiary/aromatic N) is 2. The number of rotatable bonds is 2. The second-order valence-electron chi connectivity index (χ2n) is 4.87. The van der Waals surface area contributed by atoms with Crippen LogP contribution in [0.5, 0.6) is 0 Å². The van der Waals surface area contributed by atoms with Crippen LogP contribution in [-0.2, 0) is 0 Å². The second-order valence-corrected chi connectivity index (χ2v) is 5.22.